The van der Waals surface area contributed by atoms with E-state index in [1.807, 2.05) is 0 Å². The van der Waals surface area contributed by atoms with Gasteiger partial charge in [-0.3, -0.25) is 20.6 Å². The molecule has 0 aliphatic heterocycles. The van der Waals surface area contributed by atoms with Crippen molar-refractivity contribution in [1.29, 1.82) is 0 Å². The molecule has 0 saturated heterocycles. The summed E-state index contributed by atoms with van der Waals surface area (Å²) in [5, 5.41) is 0.779. The smallest absolute Gasteiger partial charge is 0.241 e. The first-order chi connectivity index (χ1) is 9.15. The van der Waals surface area contributed by atoms with Gasteiger partial charge in [0.1, 0.15) is 0 Å². The van der Waals surface area contributed by atoms with Gasteiger partial charge in [0.05, 0.1) is 15.7 Å². The van der Waals surface area contributed by atoms with Crippen LogP contribution in [-0.4, -0.2) is 10.9 Å². The maximum atomic E-state index is 12.2. The average Bonchev–Trinajstić information content (AvgIpc) is 3.00. The monoisotopic (exact) mass is 299 g/mol. The van der Waals surface area contributed by atoms with Crippen molar-refractivity contribution in [2.24, 2.45) is 17.8 Å². The average molecular weight is 300 g/mol. The third kappa shape index (κ3) is 2.51. The molecule has 2 saturated carbocycles. The molecule has 3 atom stereocenters. The van der Waals surface area contributed by atoms with Gasteiger partial charge in [0.25, 0.3) is 0 Å². The molecule has 1 aromatic heterocycles. The zero-order valence-electron chi connectivity index (χ0n) is 10.3. The van der Waals surface area contributed by atoms with Gasteiger partial charge in [-0.05, 0) is 31.1 Å². The van der Waals surface area contributed by atoms with E-state index in [0.717, 1.165) is 12.3 Å². The molecule has 2 aliphatic rings. The van der Waals surface area contributed by atoms with Crippen LogP contribution in [0.4, 0.5) is 5.69 Å². The number of carbonyl (C=O) groups excluding carboxylic acids is 1. The Balaban J connectivity index is 1.62. The molecule has 1 heterocycles. The summed E-state index contributed by atoms with van der Waals surface area (Å²) < 4.78 is 0. The van der Waals surface area contributed by atoms with Crippen LogP contribution in [0.2, 0.25) is 10.0 Å². The van der Waals surface area contributed by atoms with Crippen molar-refractivity contribution in [3.63, 3.8) is 0 Å². The number of rotatable bonds is 3. The molecular formula is C13H15Cl2N3O. The van der Waals surface area contributed by atoms with Crippen LogP contribution in [-0.2, 0) is 4.79 Å². The van der Waals surface area contributed by atoms with Gasteiger partial charge in [0, 0.05) is 18.3 Å². The normalized spacial score (nSPS) is 28.4. The van der Waals surface area contributed by atoms with Crippen LogP contribution in [0.5, 0.6) is 0 Å². The lowest BCUT2D eigenvalue weighted by Crippen LogP contribution is -2.37. The first-order valence-electron chi connectivity index (χ1n) is 6.50. The van der Waals surface area contributed by atoms with Gasteiger partial charge in [-0.2, -0.15) is 0 Å². The maximum Gasteiger partial charge on any atom is 0.241 e. The number of halogens is 2. The molecule has 2 bridgehead atoms. The fraction of sp³-hybridized carbons (Fsp3) is 0.538. The number of hydrazine groups is 1. The number of hydrogen-bond acceptors (Lipinski definition) is 3. The summed E-state index contributed by atoms with van der Waals surface area (Å²) in [6.45, 7) is 0. The fourth-order valence-corrected chi connectivity index (χ4v) is 3.77. The standard InChI is InChI=1S/C13H15Cl2N3O/c14-10-5-16-6-11(15)12(10)17-18-13(19)9-4-7-1-2-8(9)3-7/h5-9H,1-4H2,(H,16,17)(H,18,19)/t7-,8+,9?/m1/s1. The maximum absolute atomic E-state index is 12.2. The van der Waals surface area contributed by atoms with E-state index in [-0.39, 0.29) is 11.8 Å². The fourth-order valence-electron chi connectivity index (χ4n) is 3.31. The van der Waals surface area contributed by atoms with E-state index in [9.17, 15) is 4.79 Å². The van der Waals surface area contributed by atoms with E-state index in [0.29, 0.717) is 21.7 Å². The van der Waals surface area contributed by atoms with Crippen molar-refractivity contribution >= 4 is 34.8 Å². The SMILES string of the molecule is O=C(NNc1c(Cl)cncc1Cl)C1C[C@@H]2CC[C@H]1C2. The zero-order chi connectivity index (χ0) is 13.4. The van der Waals surface area contributed by atoms with Gasteiger partial charge < -0.3 is 0 Å². The largest absolute Gasteiger partial charge is 0.295 e. The van der Waals surface area contributed by atoms with Gasteiger partial charge in [0.15, 0.2) is 0 Å². The molecule has 0 aromatic carbocycles. The van der Waals surface area contributed by atoms with Gasteiger partial charge >= 0.3 is 0 Å². The predicted octanol–water partition coefficient (Wildman–Crippen LogP) is 3.27. The minimum Gasteiger partial charge on any atom is -0.295 e. The molecule has 1 aromatic rings. The van der Waals surface area contributed by atoms with Gasteiger partial charge in [-0.15, -0.1) is 0 Å². The number of aromatic nitrogens is 1. The van der Waals surface area contributed by atoms with Gasteiger partial charge in [0.2, 0.25) is 5.91 Å². The number of nitrogens with zero attached hydrogens (tertiary/aromatic N) is 1. The van der Waals surface area contributed by atoms with Crippen LogP contribution >= 0.6 is 23.2 Å². The molecule has 4 nitrogen and oxygen atoms in total. The first-order valence-corrected chi connectivity index (χ1v) is 7.25. The van der Waals surface area contributed by atoms with E-state index in [4.69, 9.17) is 23.2 Å². The highest BCUT2D eigenvalue weighted by Gasteiger charge is 2.43. The summed E-state index contributed by atoms with van der Waals surface area (Å²) in [6, 6.07) is 0. The zero-order valence-corrected chi connectivity index (χ0v) is 11.8. The minimum atomic E-state index is 0.0381. The Bertz CT molecular complexity index is 488. The van der Waals surface area contributed by atoms with E-state index < -0.39 is 0 Å². The lowest BCUT2D eigenvalue weighted by molar-refractivity contribution is -0.126. The topological polar surface area (TPSA) is 54.0 Å². The third-order valence-electron chi connectivity index (χ3n) is 4.24. The number of pyridine rings is 1. The summed E-state index contributed by atoms with van der Waals surface area (Å²) in [4.78, 5) is 16.0. The van der Waals surface area contributed by atoms with E-state index in [1.54, 1.807) is 0 Å². The van der Waals surface area contributed by atoms with Crippen LogP contribution in [0.1, 0.15) is 25.7 Å². The minimum absolute atomic E-state index is 0.0381. The van der Waals surface area contributed by atoms with E-state index in [2.05, 4.69) is 15.8 Å². The summed E-state index contributed by atoms with van der Waals surface area (Å²) in [5.41, 5.74) is 6.03. The lowest BCUT2D eigenvalue weighted by atomic mass is 9.88. The number of hydrogen-bond donors (Lipinski definition) is 2. The highest BCUT2D eigenvalue weighted by atomic mass is 35.5. The molecule has 2 N–H and O–H groups in total. The van der Waals surface area contributed by atoms with Crippen molar-refractivity contribution in [3.8, 4) is 0 Å². The second-order valence-corrected chi connectivity index (χ2v) is 6.19. The molecule has 2 fully saturated rings. The second-order valence-electron chi connectivity index (χ2n) is 5.37. The Labute approximate surface area is 121 Å². The highest BCUT2D eigenvalue weighted by molar-refractivity contribution is 6.38. The summed E-state index contributed by atoms with van der Waals surface area (Å²) in [7, 11) is 0. The molecule has 0 spiro atoms. The Morgan fingerprint density at radius 2 is 1.95 bits per heavy atom. The van der Waals surface area contributed by atoms with Crippen LogP contribution in [0.3, 0.4) is 0 Å². The molecule has 102 valence electrons. The second kappa shape index (κ2) is 5.17. The Morgan fingerprint density at radius 1 is 1.21 bits per heavy atom. The Morgan fingerprint density at radius 3 is 2.53 bits per heavy atom. The molecule has 1 unspecified atom stereocenters. The van der Waals surface area contributed by atoms with Crippen molar-refractivity contribution in [2.75, 3.05) is 5.43 Å². The predicted molar refractivity (Wildman–Crippen MR) is 75.0 cm³/mol. The highest BCUT2D eigenvalue weighted by Crippen LogP contribution is 2.48. The van der Waals surface area contributed by atoms with Crippen molar-refractivity contribution in [1.82, 2.24) is 10.4 Å². The van der Waals surface area contributed by atoms with Crippen molar-refractivity contribution < 1.29 is 4.79 Å². The summed E-state index contributed by atoms with van der Waals surface area (Å²) in [6.07, 6.45) is 7.65. The first kappa shape index (κ1) is 13.0. The molecule has 19 heavy (non-hydrogen) atoms. The third-order valence-corrected chi connectivity index (χ3v) is 4.81. The molecular weight excluding hydrogens is 285 g/mol. The quantitative estimate of drug-likeness (QED) is 0.842. The van der Waals surface area contributed by atoms with Crippen LogP contribution in [0.15, 0.2) is 12.4 Å². The summed E-state index contributed by atoms with van der Waals surface area (Å²) in [5.74, 6) is 1.46. The summed E-state index contributed by atoms with van der Waals surface area (Å²) >= 11 is 11.9. The van der Waals surface area contributed by atoms with E-state index in [1.165, 1.54) is 31.7 Å². The molecule has 0 radical (unpaired) electrons. The van der Waals surface area contributed by atoms with Gasteiger partial charge in [-0.1, -0.05) is 29.6 Å². The number of fused-ring (bicyclic) bond motifs is 2. The number of amides is 1. The van der Waals surface area contributed by atoms with Crippen LogP contribution in [0, 0.1) is 17.8 Å². The van der Waals surface area contributed by atoms with Crippen molar-refractivity contribution in [3.05, 3.63) is 22.4 Å². The Kier molecular flexibility index (Phi) is 3.54. The Hall–Kier alpha value is -1.00. The number of nitrogens with one attached hydrogen (secondary N) is 2. The van der Waals surface area contributed by atoms with E-state index >= 15 is 0 Å². The molecule has 1 amide bonds. The number of carbonyl (C=O) groups is 1. The molecule has 3 rings (SSSR count). The molecule has 6 heteroatoms. The van der Waals surface area contributed by atoms with Crippen molar-refractivity contribution in [2.45, 2.75) is 25.7 Å². The van der Waals surface area contributed by atoms with Gasteiger partial charge in [-0.25, -0.2) is 0 Å². The lowest BCUT2D eigenvalue weighted by Gasteiger charge is -2.21. The van der Waals surface area contributed by atoms with Crippen LogP contribution in [0.25, 0.3) is 0 Å². The number of anilines is 1. The van der Waals surface area contributed by atoms with Crippen LogP contribution < -0.4 is 10.9 Å². The molecule has 2 aliphatic carbocycles.